The molecule has 2 aromatic heterocycles. The lowest BCUT2D eigenvalue weighted by Gasteiger charge is -2.06. The van der Waals surface area contributed by atoms with Crippen LogP contribution in [0, 0.1) is 22.7 Å². The summed E-state index contributed by atoms with van der Waals surface area (Å²) in [6.07, 6.45) is 8.33. The monoisotopic (exact) mass is 383 g/mol. The maximum atomic E-state index is 9.87. The van der Waals surface area contributed by atoms with Gasteiger partial charge in [-0.1, -0.05) is 36.8 Å². The molecule has 0 saturated heterocycles. The van der Waals surface area contributed by atoms with Gasteiger partial charge in [-0.3, -0.25) is 4.68 Å². The molecular weight excluding hydrogens is 362 g/mol. The molecule has 0 radical (unpaired) electrons. The van der Waals surface area contributed by atoms with E-state index in [1.165, 1.54) is 0 Å². The van der Waals surface area contributed by atoms with Crippen LogP contribution in [0.5, 0.6) is 0 Å². The van der Waals surface area contributed by atoms with Crippen LogP contribution < -0.4 is 0 Å². The van der Waals surface area contributed by atoms with Gasteiger partial charge in [0.25, 0.3) is 0 Å². The summed E-state index contributed by atoms with van der Waals surface area (Å²) in [4.78, 5) is 0. The number of aromatic nitrogens is 5. The van der Waals surface area contributed by atoms with Crippen LogP contribution in [-0.4, -0.2) is 24.5 Å². The van der Waals surface area contributed by atoms with E-state index in [-0.39, 0.29) is 0 Å². The van der Waals surface area contributed by atoms with E-state index < -0.39 is 0 Å². The highest BCUT2D eigenvalue weighted by molar-refractivity contribution is 5.90. The Bertz CT molecular complexity index is 1110. The molecule has 0 amide bonds. The predicted octanol–water partition coefficient (Wildman–Crippen LogP) is 3.85. The zero-order valence-electron chi connectivity index (χ0n) is 16.1. The number of rotatable bonds is 5. The molecule has 7 nitrogen and oxygen atoms in total. The van der Waals surface area contributed by atoms with Crippen LogP contribution in [0.1, 0.15) is 42.9 Å². The average Bonchev–Trinajstić information content (AvgIpc) is 3.27. The number of allylic oxidation sites excluding steroid dienone is 1. The molecule has 0 bridgehead atoms. The summed E-state index contributed by atoms with van der Waals surface area (Å²) < 4.78 is 3.83. The maximum Gasteiger partial charge on any atom is 0.174 e. The molecule has 0 aliphatic carbocycles. The summed E-state index contributed by atoms with van der Waals surface area (Å²) >= 11 is 0. The summed E-state index contributed by atoms with van der Waals surface area (Å²) in [7, 11) is 0. The van der Waals surface area contributed by atoms with E-state index in [1.54, 1.807) is 4.68 Å². The van der Waals surface area contributed by atoms with Crippen molar-refractivity contribution in [1.82, 2.24) is 24.5 Å². The fourth-order valence-corrected chi connectivity index (χ4v) is 3.63. The summed E-state index contributed by atoms with van der Waals surface area (Å²) in [6.45, 7) is 1.34. The molecule has 144 valence electrons. The zero-order chi connectivity index (χ0) is 20.1. The summed E-state index contributed by atoms with van der Waals surface area (Å²) in [5.74, 6) is 1.57. The zero-order valence-corrected chi connectivity index (χ0v) is 16.1. The van der Waals surface area contributed by atoms with Crippen molar-refractivity contribution >= 4 is 11.6 Å². The first-order valence-corrected chi connectivity index (χ1v) is 9.84. The van der Waals surface area contributed by atoms with E-state index in [0.717, 1.165) is 54.9 Å². The molecule has 3 heterocycles. The summed E-state index contributed by atoms with van der Waals surface area (Å²) in [5, 5.41) is 32.1. The van der Waals surface area contributed by atoms with Crippen molar-refractivity contribution in [2.24, 2.45) is 0 Å². The number of nitriles is 2. The molecule has 7 heteroatoms. The lowest BCUT2D eigenvalue weighted by molar-refractivity contribution is 0.627. The minimum atomic E-state index is 0.377. The Morgan fingerprint density at radius 3 is 2.76 bits per heavy atom. The fourth-order valence-electron chi connectivity index (χ4n) is 3.63. The minimum absolute atomic E-state index is 0.377. The van der Waals surface area contributed by atoms with Gasteiger partial charge in [0.1, 0.15) is 11.9 Å². The Kier molecular flexibility index (Phi) is 5.49. The minimum Gasteiger partial charge on any atom is -0.310 e. The van der Waals surface area contributed by atoms with Crippen molar-refractivity contribution < 1.29 is 0 Å². The highest BCUT2D eigenvalue weighted by Crippen LogP contribution is 2.27. The van der Waals surface area contributed by atoms with Crippen LogP contribution in [0.3, 0.4) is 0 Å². The molecule has 0 saturated carbocycles. The summed E-state index contributed by atoms with van der Waals surface area (Å²) in [6, 6.07) is 14.3. The van der Waals surface area contributed by atoms with E-state index in [4.69, 9.17) is 5.26 Å². The average molecular weight is 383 g/mol. The van der Waals surface area contributed by atoms with Crippen molar-refractivity contribution in [3.8, 4) is 23.4 Å². The quantitative estimate of drug-likeness (QED) is 0.624. The highest BCUT2D eigenvalue weighted by Gasteiger charge is 2.19. The Morgan fingerprint density at radius 1 is 1.10 bits per heavy atom. The van der Waals surface area contributed by atoms with Crippen molar-refractivity contribution in [2.45, 2.75) is 45.2 Å². The van der Waals surface area contributed by atoms with E-state index in [2.05, 4.69) is 32.0 Å². The fraction of sp³-hybridized carbons (Fsp3) is 0.318. The summed E-state index contributed by atoms with van der Waals surface area (Å²) in [5.41, 5.74) is 3.05. The lowest BCUT2D eigenvalue weighted by Crippen LogP contribution is -2.05. The van der Waals surface area contributed by atoms with Crippen LogP contribution >= 0.6 is 0 Å². The molecule has 0 unspecified atom stereocenters. The molecule has 1 aliphatic rings. The second-order valence-corrected chi connectivity index (χ2v) is 7.04. The van der Waals surface area contributed by atoms with Gasteiger partial charge in [0, 0.05) is 30.3 Å². The smallest absolute Gasteiger partial charge is 0.174 e. The second kappa shape index (κ2) is 8.53. The van der Waals surface area contributed by atoms with Gasteiger partial charge >= 0.3 is 0 Å². The van der Waals surface area contributed by atoms with Crippen molar-refractivity contribution in [1.29, 1.82) is 10.5 Å². The molecular formula is C22H21N7. The molecule has 1 aliphatic heterocycles. The number of hydrogen-bond acceptors (Lipinski definition) is 5. The largest absolute Gasteiger partial charge is 0.310 e. The molecule has 0 N–H and O–H groups in total. The third-order valence-electron chi connectivity index (χ3n) is 5.06. The van der Waals surface area contributed by atoms with Crippen molar-refractivity contribution in [3.63, 3.8) is 0 Å². The Hall–Kier alpha value is -3.71. The molecule has 3 aromatic rings. The van der Waals surface area contributed by atoms with Gasteiger partial charge in [0.05, 0.1) is 30.3 Å². The molecule has 0 atom stereocenters. The number of hydrogen-bond donors (Lipinski definition) is 0. The third kappa shape index (κ3) is 3.95. The van der Waals surface area contributed by atoms with Gasteiger partial charge in [-0.25, -0.2) is 0 Å². The molecule has 1 aromatic carbocycles. The maximum absolute atomic E-state index is 9.87. The molecule has 0 spiro atoms. The van der Waals surface area contributed by atoms with Crippen LogP contribution in [0.4, 0.5) is 0 Å². The molecule has 4 rings (SSSR count). The normalized spacial score (nSPS) is 13.9. The lowest BCUT2D eigenvalue weighted by atomic mass is 10.1. The van der Waals surface area contributed by atoms with Crippen LogP contribution in [0.15, 0.2) is 36.5 Å². The Labute approximate surface area is 169 Å². The first-order valence-electron chi connectivity index (χ1n) is 9.84. The van der Waals surface area contributed by atoms with Gasteiger partial charge in [-0.05, 0) is 18.9 Å². The SMILES string of the molecule is N#CCCn1cc(C=C(C#N)c2nnc3n2CCCCC3)c(-c2ccccc2)n1. The van der Waals surface area contributed by atoms with E-state index >= 15 is 0 Å². The predicted molar refractivity (Wildman–Crippen MR) is 109 cm³/mol. The molecule has 29 heavy (non-hydrogen) atoms. The number of benzene rings is 1. The van der Waals surface area contributed by atoms with E-state index in [0.29, 0.717) is 24.4 Å². The number of nitrogens with zero attached hydrogens (tertiary/aromatic N) is 7. The van der Waals surface area contributed by atoms with Gasteiger partial charge < -0.3 is 4.57 Å². The standard InChI is InChI=1S/C22H21N7/c23-11-7-12-28-16-19(21(27-28)17-8-3-1-4-9-17)14-18(15-24)22-26-25-20-10-5-2-6-13-29(20)22/h1,3-4,8-9,14,16H,2,5-7,10,12-13H2. The Balaban J connectivity index is 1.78. The first-order chi connectivity index (χ1) is 14.3. The van der Waals surface area contributed by atoms with Crippen LogP contribution in [-0.2, 0) is 19.5 Å². The first kappa shape index (κ1) is 18.6. The number of fused-ring (bicyclic) bond motifs is 1. The van der Waals surface area contributed by atoms with Crippen LogP contribution in [0.25, 0.3) is 22.9 Å². The van der Waals surface area contributed by atoms with Gasteiger partial charge in [-0.15, -0.1) is 10.2 Å². The van der Waals surface area contributed by atoms with Crippen molar-refractivity contribution in [3.05, 3.63) is 53.7 Å². The van der Waals surface area contributed by atoms with Crippen LogP contribution in [0.2, 0.25) is 0 Å². The highest BCUT2D eigenvalue weighted by atomic mass is 15.3. The molecule has 0 fully saturated rings. The topological polar surface area (TPSA) is 96.1 Å². The number of aryl methyl sites for hydroxylation is 2. The second-order valence-electron chi connectivity index (χ2n) is 7.04. The Morgan fingerprint density at radius 2 is 1.97 bits per heavy atom. The van der Waals surface area contributed by atoms with E-state index in [9.17, 15) is 5.26 Å². The van der Waals surface area contributed by atoms with Gasteiger partial charge in [0.15, 0.2) is 5.82 Å². The van der Waals surface area contributed by atoms with Gasteiger partial charge in [0.2, 0.25) is 0 Å². The van der Waals surface area contributed by atoms with Gasteiger partial charge in [-0.2, -0.15) is 15.6 Å². The van der Waals surface area contributed by atoms with Crippen molar-refractivity contribution in [2.75, 3.05) is 0 Å². The third-order valence-corrected chi connectivity index (χ3v) is 5.06. The van der Waals surface area contributed by atoms with E-state index in [1.807, 2.05) is 42.6 Å².